The van der Waals surface area contributed by atoms with Gasteiger partial charge >= 0.3 is 6.03 Å². The maximum absolute atomic E-state index is 11.9. The zero-order valence-corrected chi connectivity index (χ0v) is 14.5. The van der Waals surface area contributed by atoms with Crippen molar-refractivity contribution in [2.45, 2.75) is 12.0 Å². The molecular formula is C16H15ClN2O5S. The molecule has 2 N–H and O–H groups in total. The fourth-order valence-corrected chi connectivity index (χ4v) is 3.63. The standard InChI is InChI=1S/C16H15ClN2O5S/c17-14-8-19(16(20)18-15(14)25(21,22)23)10-24-9-12-6-3-5-11-4-1-2-7-13(11)12/h1-8,15H,9-10H2,(H,18,20)(H,21,22,23). The largest absolute Gasteiger partial charge is 0.356 e. The van der Waals surface area contributed by atoms with Crippen LogP contribution in [0.2, 0.25) is 0 Å². The summed E-state index contributed by atoms with van der Waals surface area (Å²) in [6.07, 6.45) is 1.13. The van der Waals surface area contributed by atoms with E-state index in [9.17, 15) is 13.2 Å². The van der Waals surface area contributed by atoms with Crippen molar-refractivity contribution < 1.29 is 22.5 Å². The number of amides is 2. The Bertz CT molecular complexity index is 939. The molecule has 0 aromatic heterocycles. The number of carbonyl (C=O) groups excluding carboxylic acids is 1. The van der Waals surface area contributed by atoms with Gasteiger partial charge < -0.3 is 10.1 Å². The van der Waals surface area contributed by atoms with Crippen molar-refractivity contribution in [1.82, 2.24) is 10.2 Å². The molecular weight excluding hydrogens is 368 g/mol. The quantitative estimate of drug-likeness (QED) is 0.775. The lowest BCUT2D eigenvalue weighted by Gasteiger charge is -2.27. The smallest absolute Gasteiger partial charge is 0.324 e. The number of nitrogens with one attached hydrogen (secondary N) is 1. The van der Waals surface area contributed by atoms with E-state index in [0.717, 1.165) is 27.4 Å². The molecule has 2 aromatic rings. The van der Waals surface area contributed by atoms with Gasteiger partial charge in [0.05, 0.1) is 11.6 Å². The molecule has 0 saturated carbocycles. The third-order valence-electron chi connectivity index (χ3n) is 3.71. The van der Waals surface area contributed by atoms with Crippen molar-refractivity contribution in [2.24, 2.45) is 0 Å². The maximum Gasteiger partial charge on any atom is 0.324 e. The molecule has 0 radical (unpaired) electrons. The number of urea groups is 1. The molecule has 132 valence electrons. The molecule has 0 fully saturated rings. The Balaban J connectivity index is 1.68. The highest BCUT2D eigenvalue weighted by Crippen LogP contribution is 2.21. The Labute approximate surface area is 149 Å². The number of benzene rings is 2. The number of fused-ring (bicyclic) bond motifs is 1. The van der Waals surface area contributed by atoms with Crippen LogP contribution in [-0.4, -0.2) is 36.0 Å². The van der Waals surface area contributed by atoms with Gasteiger partial charge in [-0.15, -0.1) is 0 Å². The van der Waals surface area contributed by atoms with E-state index in [1.54, 1.807) is 0 Å². The highest BCUT2D eigenvalue weighted by molar-refractivity contribution is 7.86. The van der Waals surface area contributed by atoms with E-state index in [1.165, 1.54) is 0 Å². The fourth-order valence-electron chi connectivity index (χ4n) is 2.52. The van der Waals surface area contributed by atoms with Crippen molar-refractivity contribution in [3.63, 3.8) is 0 Å². The minimum atomic E-state index is -4.52. The highest BCUT2D eigenvalue weighted by atomic mass is 35.5. The Morgan fingerprint density at radius 3 is 2.68 bits per heavy atom. The molecule has 25 heavy (non-hydrogen) atoms. The van der Waals surface area contributed by atoms with Crippen LogP contribution in [0.3, 0.4) is 0 Å². The molecule has 1 unspecified atom stereocenters. The van der Waals surface area contributed by atoms with E-state index in [-0.39, 0.29) is 18.4 Å². The number of rotatable bonds is 5. The molecule has 1 heterocycles. The average molecular weight is 383 g/mol. The van der Waals surface area contributed by atoms with E-state index in [0.29, 0.717) is 0 Å². The number of ether oxygens (including phenoxy) is 1. The summed E-state index contributed by atoms with van der Waals surface area (Å²) in [7, 11) is -4.52. The molecule has 9 heteroatoms. The van der Waals surface area contributed by atoms with Gasteiger partial charge in [0.15, 0.2) is 5.37 Å². The van der Waals surface area contributed by atoms with E-state index in [2.05, 4.69) is 5.32 Å². The second-order valence-corrected chi connectivity index (χ2v) is 7.38. The van der Waals surface area contributed by atoms with Gasteiger partial charge in [-0.3, -0.25) is 9.45 Å². The second kappa shape index (κ2) is 7.01. The zero-order valence-electron chi connectivity index (χ0n) is 12.9. The Kier molecular flexibility index (Phi) is 4.96. The Morgan fingerprint density at radius 2 is 1.92 bits per heavy atom. The molecule has 2 aromatic carbocycles. The van der Waals surface area contributed by atoms with Crippen LogP contribution in [0.25, 0.3) is 10.8 Å². The van der Waals surface area contributed by atoms with Crippen LogP contribution in [0.5, 0.6) is 0 Å². The van der Waals surface area contributed by atoms with Gasteiger partial charge in [0.1, 0.15) is 6.73 Å². The maximum atomic E-state index is 11.9. The van der Waals surface area contributed by atoms with E-state index < -0.39 is 21.5 Å². The van der Waals surface area contributed by atoms with Crippen molar-refractivity contribution >= 4 is 38.5 Å². The molecule has 0 saturated heterocycles. The zero-order chi connectivity index (χ0) is 18.0. The highest BCUT2D eigenvalue weighted by Gasteiger charge is 2.34. The lowest BCUT2D eigenvalue weighted by Crippen LogP contribution is -2.50. The predicted octanol–water partition coefficient (Wildman–Crippen LogP) is 2.63. The summed E-state index contributed by atoms with van der Waals surface area (Å²) in [4.78, 5) is 13.0. The average Bonchev–Trinajstić information content (AvgIpc) is 2.57. The monoisotopic (exact) mass is 382 g/mol. The summed E-state index contributed by atoms with van der Waals surface area (Å²) in [6.45, 7) is 0.141. The minimum Gasteiger partial charge on any atom is -0.356 e. The first-order chi connectivity index (χ1) is 11.9. The molecule has 0 spiro atoms. The first-order valence-corrected chi connectivity index (χ1v) is 9.19. The normalized spacial score (nSPS) is 18.2. The van der Waals surface area contributed by atoms with E-state index >= 15 is 0 Å². The Morgan fingerprint density at radius 1 is 1.20 bits per heavy atom. The summed E-state index contributed by atoms with van der Waals surface area (Å²) >= 11 is 5.81. The first-order valence-electron chi connectivity index (χ1n) is 7.31. The van der Waals surface area contributed by atoms with Gasteiger partial charge in [0, 0.05) is 6.20 Å². The van der Waals surface area contributed by atoms with E-state index in [4.69, 9.17) is 20.9 Å². The first kappa shape index (κ1) is 17.7. The van der Waals surface area contributed by atoms with Crippen LogP contribution in [-0.2, 0) is 21.5 Å². The van der Waals surface area contributed by atoms with Crippen molar-refractivity contribution in [1.29, 1.82) is 0 Å². The topological polar surface area (TPSA) is 95.9 Å². The van der Waals surface area contributed by atoms with Gasteiger partial charge in [0.25, 0.3) is 10.1 Å². The van der Waals surface area contributed by atoms with Crippen LogP contribution in [0.1, 0.15) is 5.56 Å². The third-order valence-corrected chi connectivity index (χ3v) is 5.12. The number of hydrogen-bond donors (Lipinski definition) is 2. The third kappa shape index (κ3) is 3.93. The molecule has 1 atom stereocenters. The minimum absolute atomic E-state index is 0.122. The summed E-state index contributed by atoms with van der Waals surface area (Å²) in [5, 5.41) is 2.35. The number of nitrogens with zero attached hydrogens (tertiary/aromatic N) is 1. The van der Waals surface area contributed by atoms with Gasteiger partial charge in [0.2, 0.25) is 0 Å². The molecule has 1 aliphatic rings. The van der Waals surface area contributed by atoms with Crippen molar-refractivity contribution in [3.8, 4) is 0 Å². The number of hydrogen-bond acceptors (Lipinski definition) is 4. The SMILES string of the molecule is O=C1NC(S(=O)(=O)O)C(Cl)=CN1COCc1cccc2ccccc12. The lowest BCUT2D eigenvalue weighted by molar-refractivity contribution is 0.0559. The van der Waals surface area contributed by atoms with Crippen molar-refractivity contribution in [2.75, 3.05) is 6.73 Å². The molecule has 0 aliphatic carbocycles. The number of carbonyl (C=O) groups is 1. The summed E-state index contributed by atoms with van der Waals surface area (Å²) in [6, 6.07) is 13.0. The lowest BCUT2D eigenvalue weighted by atomic mass is 10.1. The summed E-state index contributed by atoms with van der Waals surface area (Å²) in [5.74, 6) is 0. The van der Waals surface area contributed by atoms with Crippen LogP contribution in [0, 0.1) is 0 Å². The fraction of sp³-hybridized carbons (Fsp3) is 0.188. The molecule has 7 nitrogen and oxygen atoms in total. The Hall–Kier alpha value is -2.13. The molecule has 3 rings (SSSR count). The van der Waals surface area contributed by atoms with Gasteiger partial charge in [-0.2, -0.15) is 8.42 Å². The van der Waals surface area contributed by atoms with Crippen LogP contribution in [0.15, 0.2) is 53.7 Å². The van der Waals surface area contributed by atoms with Gasteiger partial charge in [-0.1, -0.05) is 54.1 Å². The molecule has 0 bridgehead atoms. The molecule has 2 amide bonds. The van der Waals surface area contributed by atoms with Crippen LogP contribution in [0.4, 0.5) is 4.79 Å². The summed E-state index contributed by atoms with van der Waals surface area (Å²) in [5.41, 5.74) is 0.960. The predicted molar refractivity (Wildman–Crippen MR) is 93.2 cm³/mol. The summed E-state index contributed by atoms with van der Waals surface area (Å²) < 4.78 is 36.9. The van der Waals surface area contributed by atoms with Gasteiger partial charge in [-0.05, 0) is 16.3 Å². The van der Waals surface area contributed by atoms with Gasteiger partial charge in [-0.25, -0.2) is 4.79 Å². The van der Waals surface area contributed by atoms with Crippen molar-refractivity contribution in [3.05, 3.63) is 59.3 Å². The number of halogens is 1. The van der Waals surface area contributed by atoms with Crippen LogP contribution < -0.4 is 5.32 Å². The molecule has 1 aliphatic heterocycles. The van der Waals surface area contributed by atoms with E-state index in [1.807, 2.05) is 42.5 Å². The van der Waals surface area contributed by atoms with Crippen LogP contribution >= 0.6 is 11.6 Å². The second-order valence-electron chi connectivity index (χ2n) is 5.44.